The monoisotopic (exact) mass is 378 g/mol. The van der Waals surface area contributed by atoms with Crippen LogP contribution in [0.25, 0.3) is 0 Å². The summed E-state index contributed by atoms with van der Waals surface area (Å²) in [4.78, 5) is 12.5. The van der Waals surface area contributed by atoms with E-state index in [0.29, 0.717) is 19.2 Å². The van der Waals surface area contributed by atoms with Gasteiger partial charge in [-0.3, -0.25) is 0 Å². The van der Waals surface area contributed by atoms with Crippen LogP contribution >= 0.6 is 0 Å². The number of hydrogen-bond donors (Lipinski definition) is 0. The molecule has 0 spiro atoms. The van der Waals surface area contributed by atoms with Crippen LogP contribution in [-0.4, -0.2) is 43.7 Å². The minimum atomic E-state index is 0.0248. The Morgan fingerprint density at radius 3 is 1.89 bits per heavy atom. The largest absolute Gasteiger partial charge is 0.462 e. The minimum absolute atomic E-state index is 0.0248. The molecule has 4 saturated carbocycles. The molecule has 156 valence electrons. The Balaban J connectivity index is 1.32. The van der Waals surface area contributed by atoms with Crippen molar-refractivity contribution < 1.29 is 14.0 Å². The first-order chi connectivity index (χ1) is 13.0. The van der Waals surface area contributed by atoms with Crippen molar-refractivity contribution >= 4 is 5.97 Å². The van der Waals surface area contributed by atoms with Crippen molar-refractivity contribution in [2.24, 2.45) is 23.7 Å². The molecule has 3 heteroatoms. The highest BCUT2D eigenvalue weighted by molar-refractivity contribution is 5.70. The Labute approximate surface area is 167 Å². The predicted molar refractivity (Wildman–Crippen MR) is 111 cm³/mol. The van der Waals surface area contributed by atoms with Gasteiger partial charge >= 0.3 is 5.97 Å². The van der Waals surface area contributed by atoms with Gasteiger partial charge in [-0.15, -0.1) is 0 Å². The van der Waals surface area contributed by atoms with Gasteiger partial charge in [-0.25, -0.2) is 4.79 Å². The van der Waals surface area contributed by atoms with E-state index >= 15 is 0 Å². The van der Waals surface area contributed by atoms with Crippen molar-refractivity contribution in [3.8, 4) is 0 Å². The third-order valence-corrected chi connectivity index (χ3v) is 7.78. The Morgan fingerprint density at radius 2 is 1.33 bits per heavy atom. The quantitative estimate of drug-likeness (QED) is 0.252. The van der Waals surface area contributed by atoms with Gasteiger partial charge in [-0.1, -0.05) is 51.9 Å². The van der Waals surface area contributed by atoms with E-state index in [0.717, 1.165) is 34.6 Å². The second-order valence-corrected chi connectivity index (χ2v) is 10.6. The average molecular weight is 379 g/mol. The normalized spacial score (nSPS) is 32.0. The second-order valence-electron chi connectivity index (χ2n) is 10.6. The summed E-state index contributed by atoms with van der Waals surface area (Å²) in [6.45, 7) is 3.44. The first-order valence-electron chi connectivity index (χ1n) is 12.0. The molecule has 3 nitrogen and oxygen atoms in total. The van der Waals surface area contributed by atoms with E-state index in [9.17, 15) is 4.79 Å². The topological polar surface area (TPSA) is 26.3 Å². The van der Waals surface area contributed by atoms with E-state index in [1.54, 1.807) is 0 Å². The number of nitrogens with zero attached hydrogens (tertiary/aromatic N) is 1. The second kappa shape index (κ2) is 9.76. The van der Waals surface area contributed by atoms with E-state index < -0.39 is 0 Å². The van der Waals surface area contributed by atoms with Gasteiger partial charge in [-0.2, -0.15) is 0 Å². The molecule has 0 saturated heterocycles. The maximum absolute atomic E-state index is 12.5. The van der Waals surface area contributed by atoms with Gasteiger partial charge in [0.1, 0.15) is 0 Å². The van der Waals surface area contributed by atoms with Crippen LogP contribution in [0, 0.1) is 23.7 Å². The summed E-state index contributed by atoms with van der Waals surface area (Å²) in [7, 11) is 4.56. The summed E-state index contributed by atoms with van der Waals surface area (Å²) in [5, 5.41) is 0. The van der Waals surface area contributed by atoms with Gasteiger partial charge in [0.15, 0.2) is 6.54 Å². The molecule has 27 heavy (non-hydrogen) atoms. The maximum Gasteiger partial charge on any atom is 0.361 e. The lowest BCUT2D eigenvalue weighted by molar-refractivity contribution is -0.919. The van der Waals surface area contributed by atoms with E-state index in [4.69, 9.17) is 4.74 Å². The van der Waals surface area contributed by atoms with Crippen LogP contribution in [0.5, 0.6) is 0 Å². The standard InChI is InChI=1S/C24H44NO2/c1-4-5-6-7-8-9-10-11-12-27-23(26)18-25(2,3)24-21-14-19-13-20(16-21)17-22(24)15-19/h19-22,24H,4-18H2,1-3H3/q+1. The molecule has 0 aromatic carbocycles. The van der Waals surface area contributed by atoms with Crippen molar-refractivity contribution in [3.05, 3.63) is 0 Å². The number of rotatable bonds is 12. The van der Waals surface area contributed by atoms with Gasteiger partial charge in [0.25, 0.3) is 0 Å². The molecule has 4 aliphatic rings. The van der Waals surface area contributed by atoms with Crippen LogP contribution in [0.3, 0.4) is 0 Å². The lowest BCUT2D eigenvalue weighted by Crippen LogP contribution is -2.63. The molecule has 0 aromatic rings. The van der Waals surface area contributed by atoms with Crippen molar-refractivity contribution in [1.82, 2.24) is 0 Å². The molecule has 0 N–H and O–H groups in total. The molecular formula is C24H44NO2+. The molecule has 0 atom stereocenters. The van der Waals surface area contributed by atoms with E-state index in [1.165, 1.54) is 77.0 Å². The average Bonchev–Trinajstić information content (AvgIpc) is 2.58. The summed E-state index contributed by atoms with van der Waals surface area (Å²) in [6.07, 6.45) is 17.5. The molecule has 0 heterocycles. The fourth-order valence-electron chi connectivity index (χ4n) is 6.94. The number of unbranched alkanes of at least 4 members (excludes halogenated alkanes) is 7. The van der Waals surface area contributed by atoms with E-state index in [1.807, 2.05) is 0 Å². The van der Waals surface area contributed by atoms with Crippen LogP contribution in [0.1, 0.15) is 90.4 Å². The molecule has 4 fully saturated rings. The number of ether oxygens (including phenoxy) is 1. The van der Waals surface area contributed by atoms with Gasteiger partial charge in [0, 0.05) is 11.8 Å². The number of esters is 1. The maximum atomic E-state index is 12.5. The van der Waals surface area contributed by atoms with Crippen LogP contribution in [0.2, 0.25) is 0 Å². The van der Waals surface area contributed by atoms with Crippen molar-refractivity contribution in [2.45, 2.75) is 96.4 Å². The zero-order chi connectivity index (χ0) is 19.3. The summed E-state index contributed by atoms with van der Waals surface area (Å²) in [5.41, 5.74) is 0. The third kappa shape index (κ3) is 5.71. The highest BCUT2D eigenvalue weighted by Gasteiger charge is 2.54. The highest BCUT2D eigenvalue weighted by Crippen LogP contribution is 2.55. The Bertz CT molecular complexity index is 445. The molecule has 0 amide bonds. The van der Waals surface area contributed by atoms with Crippen molar-refractivity contribution in [2.75, 3.05) is 27.2 Å². The number of likely N-dealkylation sites (N-methyl/N-ethyl adjacent to an activating group) is 1. The van der Waals surface area contributed by atoms with Crippen LogP contribution in [-0.2, 0) is 9.53 Å². The number of hydrogen-bond acceptors (Lipinski definition) is 2. The zero-order valence-electron chi connectivity index (χ0n) is 18.3. The molecular weight excluding hydrogens is 334 g/mol. The molecule has 0 unspecified atom stereocenters. The fourth-order valence-corrected chi connectivity index (χ4v) is 6.94. The summed E-state index contributed by atoms with van der Waals surface area (Å²) < 4.78 is 6.46. The first kappa shape index (κ1) is 21.1. The zero-order valence-corrected chi connectivity index (χ0v) is 18.3. The van der Waals surface area contributed by atoms with E-state index in [-0.39, 0.29) is 5.97 Å². The van der Waals surface area contributed by atoms with Crippen molar-refractivity contribution in [1.29, 1.82) is 0 Å². The van der Waals surface area contributed by atoms with E-state index in [2.05, 4.69) is 21.0 Å². The van der Waals surface area contributed by atoms with Crippen molar-refractivity contribution in [3.63, 3.8) is 0 Å². The SMILES string of the molecule is CCCCCCCCCCOC(=O)C[N+](C)(C)C1C2CC3CC(C2)CC1C3. The van der Waals surface area contributed by atoms with Gasteiger partial charge in [0.05, 0.1) is 26.7 Å². The Hall–Kier alpha value is -0.570. The lowest BCUT2D eigenvalue weighted by Gasteiger charge is -2.58. The Morgan fingerprint density at radius 1 is 0.815 bits per heavy atom. The smallest absolute Gasteiger partial charge is 0.361 e. The number of quaternary nitrogens is 1. The van der Waals surface area contributed by atoms with Gasteiger partial charge < -0.3 is 9.22 Å². The lowest BCUT2D eigenvalue weighted by atomic mass is 9.53. The van der Waals surface area contributed by atoms with Gasteiger partial charge in [0.2, 0.25) is 0 Å². The molecule has 0 radical (unpaired) electrons. The Kier molecular flexibility index (Phi) is 7.65. The van der Waals surface area contributed by atoms with Gasteiger partial charge in [-0.05, 0) is 50.4 Å². The highest BCUT2D eigenvalue weighted by atomic mass is 16.5. The molecule has 4 rings (SSSR count). The molecule has 4 aliphatic carbocycles. The summed E-state index contributed by atoms with van der Waals surface area (Å²) in [6, 6.07) is 0.688. The predicted octanol–water partition coefficient (Wildman–Crippen LogP) is 5.57. The summed E-state index contributed by atoms with van der Waals surface area (Å²) >= 11 is 0. The minimum Gasteiger partial charge on any atom is -0.462 e. The van der Waals surface area contributed by atoms with Crippen LogP contribution in [0.15, 0.2) is 0 Å². The molecule has 4 bridgehead atoms. The first-order valence-corrected chi connectivity index (χ1v) is 12.0. The summed E-state index contributed by atoms with van der Waals surface area (Å²) in [5.74, 6) is 3.74. The third-order valence-electron chi connectivity index (χ3n) is 7.78. The molecule has 0 aromatic heterocycles. The molecule has 0 aliphatic heterocycles. The van der Waals surface area contributed by atoms with Crippen LogP contribution < -0.4 is 0 Å². The number of carbonyl (C=O) groups is 1. The fraction of sp³-hybridized carbons (Fsp3) is 0.958. The van der Waals surface area contributed by atoms with Crippen LogP contribution in [0.4, 0.5) is 0 Å². The number of carbonyl (C=O) groups excluding carboxylic acids is 1.